The fourth-order valence-electron chi connectivity index (χ4n) is 3.56. The molecule has 1 atom stereocenters. The zero-order valence-electron chi connectivity index (χ0n) is 18.0. The zero-order valence-corrected chi connectivity index (χ0v) is 19.6. The van der Waals surface area contributed by atoms with E-state index in [1.54, 1.807) is 26.0 Å². The number of carbonyl (C=O) groups is 1. The molecule has 1 N–H and O–H groups in total. The molecule has 0 aliphatic carbocycles. The second kappa shape index (κ2) is 9.67. The molecule has 0 radical (unpaired) electrons. The van der Waals surface area contributed by atoms with Gasteiger partial charge in [0.15, 0.2) is 11.5 Å². The minimum absolute atomic E-state index is 0.0968. The number of hydrogen-bond acceptors (Lipinski definition) is 5. The molecular formula is C25H23ClN2O3S. The summed E-state index contributed by atoms with van der Waals surface area (Å²) in [5.74, 6) is 1.17. The number of hydrogen-bond donors (Lipinski definition) is 1. The first-order valence-electron chi connectivity index (χ1n) is 10.1. The molecule has 7 heteroatoms. The number of carbonyl (C=O) groups excluding carboxylic acids is 1. The summed E-state index contributed by atoms with van der Waals surface area (Å²) >= 11 is 7.85. The predicted octanol–water partition coefficient (Wildman–Crippen LogP) is 6.29. The topological polar surface area (TPSA) is 59.9 Å². The van der Waals surface area contributed by atoms with Crippen LogP contribution < -0.4 is 14.8 Å². The molecule has 0 spiro atoms. The largest absolute Gasteiger partial charge is 0.493 e. The van der Waals surface area contributed by atoms with E-state index >= 15 is 0 Å². The van der Waals surface area contributed by atoms with E-state index in [1.807, 2.05) is 67.6 Å². The molecular weight excluding hydrogens is 444 g/mol. The van der Waals surface area contributed by atoms with Crippen molar-refractivity contribution in [2.75, 3.05) is 19.5 Å². The molecule has 32 heavy (non-hydrogen) atoms. The smallest absolute Gasteiger partial charge is 0.225 e. The molecule has 0 fully saturated rings. The van der Waals surface area contributed by atoms with Gasteiger partial charge in [-0.2, -0.15) is 0 Å². The van der Waals surface area contributed by atoms with Crippen LogP contribution >= 0.6 is 23.4 Å². The highest BCUT2D eigenvalue weighted by atomic mass is 35.5. The Hall–Kier alpha value is -2.96. The third kappa shape index (κ3) is 4.61. The van der Waals surface area contributed by atoms with Crippen LogP contribution in [0.15, 0.2) is 70.6 Å². The number of thioether (sulfide) groups is 1. The highest BCUT2D eigenvalue weighted by Gasteiger charge is 2.28. The first-order valence-corrected chi connectivity index (χ1v) is 11.4. The molecule has 1 aliphatic heterocycles. The first-order chi connectivity index (χ1) is 15.5. The van der Waals surface area contributed by atoms with Crippen LogP contribution in [0.4, 0.5) is 11.4 Å². The van der Waals surface area contributed by atoms with Gasteiger partial charge in [-0.15, -0.1) is 11.8 Å². The van der Waals surface area contributed by atoms with E-state index in [0.29, 0.717) is 22.2 Å². The minimum Gasteiger partial charge on any atom is -0.493 e. The van der Waals surface area contributed by atoms with Crippen molar-refractivity contribution in [1.82, 2.24) is 0 Å². The number of ether oxygens (including phenoxy) is 2. The van der Waals surface area contributed by atoms with Crippen LogP contribution in [0.2, 0.25) is 5.02 Å². The normalized spacial score (nSPS) is 14.9. The van der Waals surface area contributed by atoms with E-state index in [2.05, 4.69) is 5.32 Å². The van der Waals surface area contributed by atoms with Gasteiger partial charge in [0, 0.05) is 27.6 Å². The van der Waals surface area contributed by atoms with Gasteiger partial charge in [-0.1, -0.05) is 29.8 Å². The number of amides is 1. The molecule has 0 saturated heterocycles. The van der Waals surface area contributed by atoms with Crippen molar-refractivity contribution >= 4 is 46.4 Å². The first kappa shape index (κ1) is 22.2. The maximum absolute atomic E-state index is 13.0. The van der Waals surface area contributed by atoms with Gasteiger partial charge in [-0.25, -0.2) is 0 Å². The standard InChI is InChI=1S/C25H23ClN2O3S/c1-15-17(26)7-6-9-18(15)27-24(29)14-23-25(28-19-8-4-5-10-22(19)32-23)16-11-12-20(30-2)21(13-16)31-3/h4-13,23H,14H2,1-3H3,(H,27,29)/t23-/m1/s1. The Kier molecular flexibility index (Phi) is 6.72. The number of nitrogens with one attached hydrogen (secondary N) is 1. The highest BCUT2D eigenvalue weighted by molar-refractivity contribution is 8.01. The number of aliphatic imine (C=N–C) groups is 1. The quantitative estimate of drug-likeness (QED) is 0.463. The lowest BCUT2D eigenvalue weighted by Crippen LogP contribution is -2.27. The second-order valence-electron chi connectivity index (χ2n) is 7.31. The van der Waals surface area contributed by atoms with Crippen LogP contribution in [-0.2, 0) is 4.79 Å². The molecule has 4 rings (SSSR count). The number of benzene rings is 3. The summed E-state index contributed by atoms with van der Waals surface area (Å²) in [7, 11) is 3.21. The summed E-state index contributed by atoms with van der Waals surface area (Å²) in [5.41, 5.74) is 4.17. The predicted molar refractivity (Wildman–Crippen MR) is 131 cm³/mol. The molecule has 1 aliphatic rings. The third-order valence-corrected chi connectivity index (χ3v) is 6.96. The number of methoxy groups -OCH3 is 2. The van der Waals surface area contributed by atoms with Gasteiger partial charge in [-0.05, 0) is 55.0 Å². The number of fused-ring (bicyclic) bond motifs is 1. The van der Waals surface area contributed by atoms with Crippen LogP contribution in [0.3, 0.4) is 0 Å². The van der Waals surface area contributed by atoms with Crippen molar-refractivity contribution in [2.24, 2.45) is 4.99 Å². The molecule has 5 nitrogen and oxygen atoms in total. The Labute approximate surface area is 196 Å². The Morgan fingerprint density at radius 3 is 2.62 bits per heavy atom. The average Bonchev–Trinajstić information content (AvgIpc) is 2.81. The summed E-state index contributed by atoms with van der Waals surface area (Å²) in [6, 6.07) is 19.1. The van der Waals surface area contributed by atoms with Gasteiger partial charge in [0.2, 0.25) is 5.91 Å². The average molecular weight is 467 g/mol. The van der Waals surface area contributed by atoms with Crippen LogP contribution in [0.5, 0.6) is 11.5 Å². The molecule has 0 bridgehead atoms. The number of anilines is 1. The molecule has 1 heterocycles. The van der Waals surface area contributed by atoms with E-state index in [0.717, 1.165) is 27.4 Å². The van der Waals surface area contributed by atoms with Gasteiger partial charge < -0.3 is 14.8 Å². The number of halogens is 1. The number of nitrogens with zero attached hydrogens (tertiary/aromatic N) is 1. The Morgan fingerprint density at radius 2 is 1.84 bits per heavy atom. The van der Waals surface area contributed by atoms with E-state index in [9.17, 15) is 4.79 Å². The fourth-order valence-corrected chi connectivity index (χ4v) is 4.96. The van der Waals surface area contributed by atoms with Gasteiger partial charge in [-0.3, -0.25) is 9.79 Å². The SMILES string of the molecule is COc1ccc(C2=Nc3ccccc3S[C@@H]2CC(=O)Nc2cccc(Cl)c2C)cc1OC. The van der Waals surface area contributed by atoms with E-state index in [-0.39, 0.29) is 17.6 Å². The van der Waals surface area contributed by atoms with Crippen molar-refractivity contribution in [3.63, 3.8) is 0 Å². The summed E-state index contributed by atoms with van der Waals surface area (Å²) in [6.07, 6.45) is 0.262. The lowest BCUT2D eigenvalue weighted by Gasteiger charge is -2.25. The van der Waals surface area contributed by atoms with Crippen LogP contribution in [0, 0.1) is 6.92 Å². The zero-order chi connectivity index (χ0) is 22.7. The summed E-state index contributed by atoms with van der Waals surface area (Å²) in [5, 5.41) is 3.46. The van der Waals surface area contributed by atoms with Crippen LogP contribution in [0.25, 0.3) is 0 Å². The van der Waals surface area contributed by atoms with Crippen molar-refractivity contribution in [1.29, 1.82) is 0 Å². The maximum Gasteiger partial charge on any atom is 0.225 e. The lowest BCUT2D eigenvalue weighted by molar-refractivity contribution is -0.116. The molecule has 0 saturated carbocycles. The minimum atomic E-state index is -0.164. The molecule has 164 valence electrons. The van der Waals surface area contributed by atoms with Crippen molar-refractivity contribution in [3.8, 4) is 11.5 Å². The van der Waals surface area contributed by atoms with E-state index < -0.39 is 0 Å². The Bertz CT molecular complexity index is 1200. The van der Waals surface area contributed by atoms with E-state index in [4.69, 9.17) is 26.1 Å². The lowest BCUT2D eigenvalue weighted by atomic mass is 10.0. The van der Waals surface area contributed by atoms with Crippen molar-refractivity contribution in [2.45, 2.75) is 23.5 Å². The van der Waals surface area contributed by atoms with Gasteiger partial charge in [0.25, 0.3) is 0 Å². The summed E-state index contributed by atoms with van der Waals surface area (Å²) in [6.45, 7) is 1.89. The van der Waals surface area contributed by atoms with Crippen LogP contribution in [-0.4, -0.2) is 31.1 Å². The van der Waals surface area contributed by atoms with Crippen LogP contribution in [0.1, 0.15) is 17.5 Å². The maximum atomic E-state index is 13.0. The van der Waals surface area contributed by atoms with Gasteiger partial charge in [0.1, 0.15) is 0 Å². The monoisotopic (exact) mass is 466 g/mol. The fraction of sp³-hybridized carbons (Fsp3) is 0.200. The molecule has 3 aromatic rings. The van der Waals surface area contributed by atoms with Crippen molar-refractivity contribution < 1.29 is 14.3 Å². The third-order valence-electron chi connectivity index (χ3n) is 5.27. The molecule has 0 aromatic heterocycles. The Balaban J connectivity index is 1.65. The molecule has 0 unspecified atom stereocenters. The highest BCUT2D eigenvalue weighted by Crippen LogP contribution is 2.41. The van der Waals surface area contributed by atoms with Crippen molar-refractivity contribution in [3.05, 3.63) is 76.8 Å². The second-order valence-corrected chi connectivity index (χ2v) is 8.96. The van der Waals surface area contributed by atoms with Gasteiger partial charge >= 0.3 is 0 Å². The van der Waals surface area contributed by atoms with E-state index in [1.165, 1.54) is 0 Å². The number of para-hydroxylation sites is 1. The molecule has 1 amide bonds. The Morgan fingerprint density at radius 1 is 1.06 bits per heavy atom. The van der Waals surface area contributed by atoms with Gasteiger partial charge in [0.05, 0.1) is 30.9 Å². The molecule has 3 aromatic carbocycles. The number of rotatable bonds is 6. The summed E-state index contributed by atoms with van der Waals surface area (Å²) in [4.78, 5) is 19.0. The summed E-state index contributed by atoms with van der Waals surface area (Å²) < 4.78 is 10.8.